The van der Waals surface area contributed by atoms with E-state index in [1.165, 1.54) is 12.8 Å². The molecule has 5 nitrogen and oxygen atoms in total. The van der Waals surface area contributed by atoms with Crippen LogP contribution in [-0.4, -0.2) is 45.8 Å². The number of hydrogen-bond acceptors (Lipinski definition) is 4. The Morgan fingerprint density at radius 1 is 1.47 bits per heavy atom. The zero-order valence-corrected chi connectivity index (χ0v) is 12.6. The van der Waals surface area contributed by atoms with Crippen molar-refractivity contribution in [3.63, 3.8) is 0 Å². The minimum absolute atomic E-state index is 0.384. The van der Waals surface area contributed by atoms with E-state index in [1.54, 1.807) is 6.33 Å². The first kappa shape index (κ1) is 14.5. The third-order valence-electron chi connectivity index (χ3n) is 4.21. The normalized spacial score (nSPS) is 25.1. The fourth-order valence-electron chi connectivity index (χ4n) is 3.06. The molecule has 1 N–H and O–H groups in total. The summed E-state index contributed by atoms with van der Waals surface area (Å²) in [6, 6.07) is 1.05. The number of likely N-dealkylation sites (tertiary alicyclic amines) is 1. The highest BCUT2D eigenvalue weighted by Crippen LogP contribution is 2.21. The summed E-state index contributed by atoms with van der Waals surface area (Å²) in [5, 5.41) is 7.77. The monoisotopic (exact) mass is 265 g/mol. The number of aromatic nitrogens is 3. The van der Waals surface area contributed by atoms with Crippen molar-refractivity contribution in [1.29, 1.82) is 0 Å². The summed E-state index contributed by atoms with van der Waals surface area (Å²) in [5.41, 5.74) is 0. The Balaban J connectivity index is 1.98. The molecule has 0 saturated carbocycles. The highest BCUT2D eigenvalue weighted by molar-refractivity contribution is 4.90. The zero-order valence-electron chi connectivity index (χ0n) is 12.6. The fraction of sp³-hybridized carbons (Fsp3) is 0.857. The SMILES string of the molecule is CCC1CN(Cc2ncnn2C(C)C)CCC1NC. The zero-order chi connectivity index (χ0) is 13.8. The van der Waals surface area contributed by atoms with Crippen molar-refractivity contribution in [2.45, 2.75) is 52.2 Å². The lowest BCUT2D eigenvalue weighted by atomic mass is 9.90. The molecule has 5 heteroatoms. The molecule has 2 atom stereocenters. The molecule has 0 amide bonds. The Bertz CT molecular complexity index is 387. The van der Waals surface area contributed by atoms with Crippen LogP contribution in [0.2, 0.25) is 0 Å². The first-order valence-corrected chi connectivity index (χ1v) is 7.43. The molecule has 1 aliphatic rings. The van der Waals surface area contributed by atoms with Crippen molar-refractivity contribution in [2.24, 2.45) is 5.92 Å². The van der Waals surface area contributed by atoms with E-state index in [4.69, 9.17) is 0 Å². The van der Waals surface area contributed by atoms with Crippen LogP contribution in [-0.2, 0) is 6.54 Å². The summed E-state index contributed by atoms with van der Waals surface area (Å²) >= 11 is 0. The van der Waals surface area contributed by atoms with Crippen LogP contribution >= 0.6 is 0 Å². The van der Waals surface area contributed by atoms with Crippen LogP contribution in [0.25, 0.3) is 0 Å². The number of rotatable bonds is 5. The van der Waals surface area contributed by atoms with Gasteiger partial charge in [0.2, 0.25) is 0 Å². The second-order valence-electron chi connectivity index (χ2n) is 5.80. The first-order chi connectivity index (χ1) is 9.15. The number of nitrogens with one attached hydrogen (secondary N) is 1. The highest BCUT2D eigenvalue weighted by atomic mass is 15.4. The van der Waals surface area contributed by atoms with Crippen LogP contribution in [0.4, 0.5) is 0 Å². The topological polar surface area (TPSA) is 46.0 Å². The van der Waals surface area contributed by atoms with Crippen LogP contribution in [0.3, 0.4) is 0 Å². The molecule has 1 aromatic heterocycles. The van der Waals surface area contributed by atoms with Gasteiger partial charge in [-0.1, -0.05) is 13.3 Å². The summed E-state index contributed by atoms with van der Waals surface area (Å²) in [6.07, 6.45) is 4.14. The smallest absolute Gasteiger partial charge is 0.141 e. The molecule has 2 heterocycles. The van der Waals surface area contributed by atoms with Gasteiger partial charge in [-0.15, -0.1) is 0 Å². The largest absolute Gasteiger partial charge is 0.317 e. The van der Waals surface area contributed by atoms with Crippen molar-refractivity contribution < 1.29 is 0 Å². The van der Waals surface area contributed by atoms with E-state index in [1.807, 2.05) is 4.68 Å². The van der Waals surface area contributed by atoms with Crippen molar-refractivity contribution >= 4 is 0 Å². The van der Waals surface area contributed by atoms with E-state index < -0.39 is 0 Å². The number of piperidine rings is 1. The van der Waals surface area contributed by atoms with Crippen molar-refractivity contribution in [2.75, 3.05) is 20.1 Å². The fourth-order valence-corrected chi connectivity index (χ4v) is 3.06. The Hall–Kier alpha value is -0.940. The summed E-state index contributed by atoms with van der Waals surface area (Å²) in [7, 11) is 2.08. The Labute approximate surface area is 116 Å². The molecule has 1 aromatic rings. The van der Waals surface area contributed by atoms with E-state index in [-0.39, 0.29) is 0 Å². The molecule has 2 unspecified atom stereocenters. The lowest BCUT2D eigenvalue weighted by Gasteiger charge is -2.38. The second kappa shape index (κ2) is 6.48. The summed E-state index contributed by atoms with van der Waals surface area (Å²) in [5.74, 6) is 1.84. The van der Waals surface area contributed by atoms with Gasteiger partial charge in [0.05, 0.1) is 6.54 Å². The molecule has 0 radical (unpaired) electrons. The molecule has 19 heavy (non-hydrogen) atoms. The van der Waals surface area contributed by atoms with Gasteiger partial charge in [0.1, 0.15) is 12.2 Å². The molecule has 0 spiro atoms. The van der Waals surface area contributed by atoms with Crippen molar-refractivity contribution in [3.8, 4) is 0 Å². The van der Waals surface area contributed by atoms with Gasteiger partial charge in [0.25, 0.3) is 0 Å². The maximum atomic E-state index is 4.42. The Morgan fingerprint density at radius 2 is 2.26 bits per heavy atom. The second-order valence-corrected chi connectivity index (χ2v) is 5.80. The van der Waals surface area contributed by atoms with Gasteiger partial charge < -0.3 is 5.32 Å². The van der Waals surface area contributed by atoms with Gasteiger partial charge in [-0.25, -0.2) is 9.67 Å². The minimum Gasteiger partial charge on any atom is -0.317 e. The van der Waals surface area contributed by atoms with Crippen molar-refractivity contribution in [1.82, 2.24) is 25.0 Å². The summed E-state index contributed by atoms with van der Waals surface area (Å²) < 4.78 is 2.03. The van der Waals surface area contributed by atoms with Gasteiger partial charge in [-0.3, -0.25) is 4.90 Å². The average molecular weight is 265 g/mol. The predicted octanol–water partition coefficient (Wildman–Crippen LogP) is 1.68. The van der Waals surface area contributed by atoms with Gasteiger partial charge in [0, 0.05) is 25.2 Å². The molecule has 2 rings (SSSR count). The first-order valence-electron chi connectivity index (χ1n) is 7.43. The van der Waals surface area contributed by atoms with Crippen LogP contribution in [0.1, 0.15) is 45.5 Å². The maximum absolute atomic E-state index is 4.42. The van der Waals surface area contributed by atoms with E-state index in [0.717, 1.165) is 31.4 Å². The van der Waals surface area contributed by atoms with Gasteiger partial charge >= 0.3 is 0 Å². The third kappa shape index (κ3) is 3.34. The molecular formula is C14H27N5. The molecule has 0 aliphatic carbocycles. The van der Waals surface area contributed by atoms with Gasteiger partial charge in [0.15, 0.2) is 0 Å². The molecule has 108 valence electrons. The number of hydrogen-bond donors (Lipinski definition) is 1. The van der Waals surface area contributed by atoms with Crippen molar-refractivity contribution in [3.05, 3.63) is 12.2 Å². The van der Waals surface area contributed by atoms with Gasteiger partial charge in [-0.2, -0.15) is 5.10 Å². The average Bonchev–Trinajstić information content (AvgIpc) is 2.87. The van der Waals surface area contributed by atoms with E-state index in [9.17, 15) is 0 Å². The quantitative estimate of drug-likeness (QED) is 0.880. The number of nitrogens with zero attached hydrogens (tertiary/aromatic N) is 4. The highest BCUT2D eigenvalue weighted by Gasteiger charge is 2.27. The molecule has 1 aliphatic heterocycles. The maximum Gasteiger partial charge on any atom is 0.141 e. The summed E-state index contributed by atoms with van der Waals surface area (Å²) in [4.78, 5) is 6.93. The van der Waals surface area contributed by atoms with Gasteiger partial charge in [-0.05, 0) is 33.2 Å². The molecule has 0 bridgehead atoms. The Morgan fingerprint density at radius 3 is 2.89 bits per heavy atom. The molecule has 1 saturated heterocycles. The molecule has 1 fully saturated rings. The van der Waals surface area contributed by atoms with Crippen LogP contribution in [0, 0.1) is 5.92 Å². The third-order valence-corrected chi connectivity index (χ3v) is 4.21. The van der Waals surface area contributed by atoms with E-state index in [2.05, 4.69) is 48.1 Å². The van der Waals surface area contributed by atoms with Crippen LogP contribution in [0.15, 0.2) is 6.33 Å². The minimum atomic E-state index is 0.384. The van der Waals surface area contributed by atoms with E-state index >= 15 is 0 Å². The lowest BCUT2D eigenvalue weighted by molar-refractivity contribution is 0.127. The Kier molecular flexibility index (Phi) is 4.93. The standard InChI is InChI=1S/C14H27N5/c1-5-12-8-18(7-6-13(12)15-4)9-14-16-10-17-19(14)11(2)3/h10-13,15H,5-9H2,1-4H3. The lowest BCUT2D eigenvalue weighted by Crippen LogP contribution is -2.48. The molecular weight excluding hydrogens is 238 g/mol. The van der Waals surface area contributed by atoms with E-state index in [0.29, 0.717) is 12.1 Å². The predicted molar refractivity (Wildman–Crippen MR) is 76.9 cm³/mol. The summed E-state index contributed by atoms with van der Waals surface area (Å²) in [6.45, 7) is 9.82. The van der Waals surface area contributed by atoms with Crippen LogP contribution < -0.4 is 5.32 Å². The molecule has 0 aromatic carbocycles. The van der Waals surface area contributed by atoms with Crippen LogP contribution in [0.5, 0.6) is 0 Å².